The zero-order chi connectivity index (χ0) is 24.7. The summed E-state index contributed by atoms with van der Waals surface area (Å²) >= 11 is 0. The van der Waals surface area contributed by atoms with Crippen molar-refractivity contribution in [1.82, 2.24) is 19.7 Å². The second-order valence-electron chi connectivity index (χ2n) is 7.85. The van der Waals surface area contributed by atoms with Crippen molar-refractivity contribution in [3.05, 3.63) is 75.7 Å². The van der Waals surface area contributed by atoms with Crippen LogP contribution in [0.25, 0.3) is 11.4 Å². The first-order chi connectivity index (χ1) is 15.9. The van der Waals surface area contributed by atoms with Crippen LogP contribution in [0.1, 0.15) is 40.4 Å². The second kappa shape index (κ2) is 8.65. The van der Waals surface area contributed by atoms with Gasteiger partial charge in [0.25, 0.3) is 5.91 Å². The Bertz CT molecular complexity index is 1220. The maximum Gasteiger partial charge on any atom is 0.416 e. The summed E-state index contributed by atoms with van der Waals surface area (Å²) in [5.74, 6) is -0.679. The fourth-order valence-electron chi connectivity index (χ4n) is 3.48. The van der Waals surface area contributed by atoms with E-state index in [-0.39, 0.29) is 25.2 Å². The van der Waals surface area contributed by atoms with Crippen LogP contribution in [0, 0.1) is 0 Å². The quantitative estimate of drug-likeness (QED) is 0.524. The summed E-state index contributed by atoms with van der Waals surface area (Å²) in [5, 5.41) is 6.58. The normalized spacial score (nSPS) is 14.3. The van der Waals surface area contributed by atoms with Crippen LogP contribution in [-0.4, -0.2) is 26.8 Å². The number of alkyl halides is 6. The van der Waals surface area contributed by atoms with Crippen molar-refractivity contribution in [2.45, 2.75) is 37.8 Å². The number of benzene rings is 2. The van der Waals surface area contributed by atoms with Gasteiger partial charge in [0.15, 0.2) is 5.82 Å². The lowest BCUT2D eigenvalue weighted by Crippen LogP contribution is -2.32. The van der Waals surface area contributed by atoms with Gasteiger partial charge < -0.3 is 5.32 Å². The first-order valence-electron chi connectivity index (χ1n) is 10.3. The van der Waals surface area contributed by atoms with Gasteiger partial charge in [0.2, 0.25) is 0 Å². The standard InChI is InChI=1S/C22H18F6N4O2/c23-21(24,25)15-10-14(11-16(12-15)22(26,27)28)19(33)29-8-9-31-20(34)32(17-6-7-17)18(30-31)13-4-2-1-3-5-13/h1-5,10-12,17H,6-9H2,(H,29,33). The molecule has 34 heavy (non-hydrogen) atoms. The Balaban J connectivity index is 1.52. The Morgan fingerprint density at radius 2 is 1.56 bits per heavy atom. The fraction of sp³-hybridized carbons (Fsp3) is 0.318. The molecule has 12 heteroatoms. The Labute approximate surface area is 188 Å². The number of carbonyl (C=O) groups excluding carboxylic acids is 1. The lowest BCUT2D eigenvalue weighted by Gasteiger charge is -2.14. The van der Waals surface area contributed by atoms with Crippen molar-refractivity contribution >= 4 is 5.91 Å². The van der Waals surface area contributed by atoms with E-state index in [4.69, 9.17) is 0 Å². The molecule has 2 aromatic carbocycles. The van der Waals surface area contributed by atoms with E-state index in [1.807, 2.05) is 6.07 Å². The highest BCUT2D eigenvalue weighted by Gasteiger charge is 2.37. The number of amides is 1. The highest BCUT2D eigenvalue weighted by Crippen LogP contribution is 2.37. The summed E-state index contributed by atoms with van der Waals surface area (Å²) in [7, 11) is 0. The summed E-state index contributed by atoms with van der Waals surface area (Å²) in [6, 6.07) is 9.65. The summed E-state index contributed by atoms with van der Waals surface area (Å²) in [6.45, 7) is -0.346. The molecule has 0 radical (unpaired) electrons. The Morgan fingerprint density at radius 3 is 2.09 bits per heavy atom. The smallest absolute Gasteiger partial charge is 0.350 e. The van der Waals surface area contributed by atoms with E-state index >= 15 is 0 Å². The van der Waals surface area contributed by atoms with Gasteiger partial charge in [0.1, 0.15) is 0 Å². The van der Waals surface area contributed by atoms with Crippen molar-refractivity contribution in [3.63, 3.8) is 0 Å². The van der Waals surface area contributed by atoms with Crippen molar-refractivity contribution in [3.8, 4) is 11.4 Å². The molecule has 0 saturated heterocycles. The van der Waals surface area contributed by atoms with Crippen LogP contribution in [0.4, 0.5) is 26.3 Å². The zero-order valence-electron chi connectivity index (χ0n) is 17.5. The summed E-state index contributed by atoms with van der Waals surface area (Å²) in [5.41, 5.74) is -3.64. The third-order valence-corrected chi connectivity index (χ3v) is 5.27. The third kappa shape index (κ3) is 5.00. The summed E-state index contributed by atoms with van der Waals surface area (Å²) in [4.78, 5) is 25.1. The van der Waals surface area contributed by atoms with Crippen molar-refractivity contribution < 1.29 is 31.1 Å². The summed E-state index contributed by atoms with van der Waals surface area (Å²) < 4.78 is 80.8. The molecule has 0 aliphatic heterocycles. The number of aromatic nitrogens is 3. The largest absolute Gasteiger partial charge is 0.416 e. The molecule has 1 aliphatic rings. The van der Waals surface area contributed by atoms with E-state index in [0.29, 0.717) is 18.0 Å². The molecule has 1 fully saturated rings. The van der Waals surface area contributed by atoms with Crippen molar-refractivity contribution in [1.29, 1.82) is 0 Å². The van der Waals surface area contributed by atoms with Crippen LogP contribution >= 0.6 is 0 Å². The minimum atomic E-state index is -5.06. The van der Waals surface area contributed by atoms with E-state index in [1.54, 1.807) is 28.8 Å². The Hall–Kier alpha value is -3.57. The van der Waals surface area contributed by atoms with Crippen molar-refractivity contribution in [2.24, 2.45) is 0 Å². The zero-order valence-corrected chi connectivity index (χ0v) is 17.5. The van der Waals surface area contributed by atoms with Crippen molar-refractivity contribution in [2.75, 3.05) is 6.54 Å². The molecule has 1 heterocycles. The molecule has 1 saturated carbocycles. The lowest BCUT2D eigenvalue weighted by molar-refractivity contribution is -0.143. The molecule has 6 nitrogen and oxygen atoms in total. The van der Waals surface area contributed by atoms with E-state index in [9.17, 15) is 35.9 Å². The van der Waals surface area contributed by atoms with Gasteiger partial charge in [-0.1, -0.05) is 30.3 Å². The monoisotopic (exact) mass is 484 g/mol. The van der Waals surface area contributed by atoms with Crippen LogP contribution in [0.5, 0.6) is 0 Å². The second-order valence-corrected chi connectivity index (χ2v) is 7.85. The third-order valence-electron chi connectivity index (χ3n) is 5.27. The van der Waals surface area contributed by atoms with E-state index in [0.717, 1.165) is 23.1 Å². The van der Waals surface area contributed by atoms with Crippen LogP contribution < -0.4 is 11.0 Å². The lowest BCUT2D eigenvalue weighted by atomic mass is 10.0. The highest BCUT2D eigenvalue weighted by atomic mass is 19.4. The number of halogens is 6. The topological polar surface area (TPSA) is 68.9 Å². The number of nitrogens with one attached hydrogen (secondary N) is 1. The highest BCUT2D eigenvalue weighted by molar-refractivity contribution is 5.94. The van der Waals surface area contributed by atoms with Gasteiger partial charge >= 0.3 is 18.0 Å². The van der Waals surface area contributed by atoms with E-state index in [2.05, 4.69) is 10.4 Å². The molecule has 0 unspecified atom stereocenters. The SMILES string of the molecule is O=C(NCCn1nc(-c2ccccc2)n(C2CC2)c1=O)c1cc(C(F)(F)F)cc(C(F)(F)F)c1. The molecule has 0 bridgehead atoms. The molecule has 1 amide bonds. The Morgan fingerprint density at radius 1 is 0.971 bits per heavy atom. The number of carbonyl (C=O) groups is 1. The van der Waals surface area contributed by atoms with E-state index in [1.165, 1.54) is 0 Å². The number of rotatable bonds is 6. The minimum absolute atomic E-state index is 0.0111. The molecule has 4 rings (SSSR count). The van der Waals surface area contributed by atoms with Gasteiger partial charge in [-0.25, -0.2) is 9.48 Å². The molecule has 180 valence electrons. The molecular formula is C22H18F6N4O2. The van der Waals surface area contributed by atoms with Gasteiger partial charge in [0, 0.05) is 23.7 Å². The van der Waals surface area contributed by atoms with Crippen LogP contribution in [-0.2, 0) is 18.9 Å². The van der Waals surface area contributed by atoms with Gasteiger partial charge in [-0.3, -0.25) is 9.36 Å². The maximum absolute atomic E-state index is 13.0. The van der Waals surface area contributed by atoms with Gasteiger partial charge in [-0.2, -0.15) is 26.3 Å². The van der Waals surface area contributed by atoms with E-state index < -0.39 is 40.6 Å². The molecular weight excluding hydrogens is 466 g/mol. The van der Waals surface area contributed by atoms with Crippen LogP contribution in [0.15, 0.2) is 53.3 Å². The van der Waals surface area contributed by atoms with Crippen LogP contribution in [0.2, 0.25) is 0 Å². The van der Waals surface area contributed by atoms with Gasteiger partial charge in [-0.05, 0) is 31.0 Å². The predicted molar refractivity (Wildman–Crippen MR) is 109 cm³/mol. The number of hydrogen-bond donors (Lipinski definition) is 1. The fourth-order valence-corrected chi connectivity index (χ4v) is 3.48. The minimum Gasteiger partial charge on any atom is -0.350 e. The predicted octanol–water partition coefficient (Wildman–Crippen LogP) is 4.51. The molecule has 1 aromatic heterocycles. The average molecular weight is 484 g/mol. The van der Waals surface area contributed by atoms with Crippen LogP contribution in [0.3, 0.4) is 0 Å². The first-order valence-corrected chi connectivity index (χ1v) is 10.3. The number of hydrogen-bond acceptors (Lipinski definition) is 3. The molecule has 3 aromatic rings. The molecule has 0 atom stereocenters. The van der Waals surface area contributed by atoms with Gasteiger partial charge in [-0.15, -0.1) is 5.10 Å². The first kappa shape index (κ1) is 23.6. The molecule has 0 spiro atoms. The molecule has 1 aliphatic carbocycles. The Kier molecular flexibility index (Phi) is 6.00. The van der Waals surface area contributed by atoms with Gasteiger partial charge in [0.05, 0.1) is 17.7 Å². The number of nitrogens with zero attached hydrogens (tertiary/aromatic N) is 3. The summed E-state index contributed by atoms with van der Waals surface area (Å²) in [6.07, 6.45) is -8.49. The average Bonchev–Trinajstić information content (AvgIpc) is 3.56. The molecule has 1 N–H and O–H groups in total. The maximum atomic E-state index is 13.0.